The third kappa shape index (κ3) is 4.35. The lowest BCUT2D eigenvalue weighted by Gasteiger charge is -2.39. The summed E-state index contributed by atoms with van der Waals surface area (Å²) < 4.78 is 7.67. The zero-order chi connectivity index (χ0) is 36.3. The zero-order valence-electron chi connectivity index (χ0n) is 29.5. The van der Waals surface area contributed by atoms with E-state index < -0.39 is 39.2 Å². The van der Waals surface area contributed by atoms with E-state index in [9.17, 15) is 36.0 Å². The number of hydrogen-bond donors (Lipinski definition) is 0. The number of carbonyl (C=O) groups is 1. The van der Waals surface area contributed by atoms with Gasteiger partial charge in [0.05, 0.1) is 16.7 Å². The molecule has 0 saturated heterocycles. The van der Waals surface area contributed by atoms with E-state index in [0.717, 1.165) is 0 Å². The van der Waals surface area contributed by atoms with Crippen LogP contribution >= 0.6 is 0 Å². The standard InChI is InChI=1S/C34H43N6O8/c1-29(2)30(3,4)36(43)25(35(29)42)20-13-15-21(16-14-20)28(41)48-24-19-22(26-37(44)31(5,6)32(7,8)38(26)45)17-18-23(24)27-39(46)33(9,10)34(11,12)40(27)47/h13-19H,1-12H3/q-1. The van der Waals surface area contributed by atoms with Gasteiger partial charge in [-0.15, -0.1) is 0 Å². The van der Waals surface area contributed by atoms with Crippen LogP contribution in [-0.4, -0.2) is 86.1 Å². The number of benzene rings is 2. The van der Waals surface area contributed by atoms with Gasteiger partial charge in [0, 0.05) is 10.4 Å². The van der Waals surface area contributed by atoms with Crippen molar-refractivity contribution in [3.63, 3.8) is 0 Å². The highest BCUT2D eigenvalue weighted by molar-refractivity contribution is 6.03. The molecule has 0 amide bonds. The highest BCUT2D eigenvalue weighted by Gasteiger charge is 2.62. The highest BCUT2D eigenvalue weighted by atomic mass is 16.6. The molecule has 0 spiro atoms. The van der Waals surface area contributed by atoms with Crippen molar-refractivity contribution in [2.24, 2.45) is 0 Å². The van der Waals surface area contributed by atoms with E-state index >= 15 is 0 Å². The van der Waals surface area contributed by atoms with Crippen LogP contribution < -0.4 is 4.74 Å². The van der Waals surface area contributed by atoms with E-state index in [1.807, 2.05) is 0 Å². The summed E-state index contributed by atoms with van der Waals surface area (Å²) in [5.74, 6) is -1.75. The smallest absolute Gasteiger partial charge is 0.343 e. The molecular formula is C34H43N6O8-. The Morgan fingerprint density at radius 3 is 1.44 bits per heavy atom. The first-order chi connectivity index (χ1) is 21.8. The maximum Gasteiger partial charge on any atom is 0.343 e. The van der Waals surface area contributed by atoms with E-state index in [-0.39, 0.29) is 39.9 Å². The first kappa shape index (κ1) is 34.9. The van der Waals surface area contributed by atoms with Crippen LogP contribution in [0.5, 0.6) is 5.75 Å². The molecule has 3 heterocycles. The molecule has 0 saturated carbocycles. The second-order valence-electron chi connectivity index (χ2n) is 15.8. The number of rotatable bonds is 5. The van der Waals surface area contributed by atoms with Crippen molar-refractivity contribution in [3.8, 4) is 5.75 Å². The Balaban J connectivity index is 1.59. The Kier molecular flexibility index (Phi) is 7.49. The van der Waals surface area contributed by atoms with Crippen LogP contribution in [0.15, 0.2) is 42.5 Å². The van der Waals surface area contributed by atoms with Crippen molar-refractivity contribution in [1.29, 1.82) is 0 Å². The SMILES string of the molecule is CC1(C)N([O])C(c2ccc(C3=[N+]([O-])C(C)(C)C(C)(C)N3[O])c(OC(=O)c3ccc(C4=[N+]([O-])C(C)(C)C(C)(C)N4[O-])cc3)c2)=[N+]([O-])C1(C)C. The number of amidine groups is 3. The van der Waals surface area contributed by atoms with Gasteiger partial charge in [0.1, 0.15) is 33.5 Å². The van der Waals surface area contributed by atoms with E-state index in [0.29, 0.717) is 35.0 Å². The van der Waals surface area contributed by atoms with Crippen LogP contribution in [0.4, 0.5) is 0 Å². The molecule has 2 aromatic carbocycles. The van der Waals surface area contributed by atoms with Crippen molar-refractivity contribution in [2.45, 2.75) is 116 Å². The molecule has 2 radical (unpaired) electrons. The number of ether oxygens (including phenoxy) is 1. The van der Waals surface area contributed by atoms with Gasteiger partial charge in [0.15, 0.2) is 11.1 Å². The van der Waals surface area contributed by atoms with Gasteiger partial charge >= 0.3 is 17.6 Å². The predicted octanol–water partition coefficient (Wildman–Crippen LogP) is 4.48. The molecule has 0 aromatic heterocycles. The summed E-state index contributed by atoms with van der Waals surface area (Å²) >= 11 is 0. The average molecular weight is 664 g/mol. The summed E-state index contributed by atoms with van der Waals surface area (Å²) in [7, 11) is 0. The Labute approximate surface area is 280 Å². The van der Waals surface area contributed by atoms with Gasteiger partial charge in [-0.05, 0) is 126 Å². The lowest BCUT2D eigenvalue weighted by atomic mass is 9.84. The number of nitrogens with zero attached hydrogens (tertiary/aromatic N) is 6. The van der Waals surface area contributed by atoms with E-state index in [2.05, 4.69) is 0 Å². The molecule has 5 rings (SSSR count). The number of hydroxylamine groups is 9. The molecule has 0 fully saturated rings. The van der Waals surface area contributed by atoms with Gasteiger partial charge in [-0.1, -0.05) is 10.1 Å². The lowest BCUT2D eigenvalue weighted by molar-refractivity contribution is -0.540. The molecule has 0 atom stereocenters. The minimum Gasteiger partial charge on any atom is -0.715 e. The monoisotopic (exact) mass is 663 g/mol. The molecule has 2 aromatic rings. The topological polar surface area (TPSA) is 177 Å². The van der Waals surface area contributed by atoms with Gasteiger partial charge in [-0.25, -0.2) is 4.79 Å². The first-order valence-corrected chi connectivity index (χ1v) is 15.7. The summed E-state index contributed by atoms with van der Waals surface area (Å²) in [6.07, 6.45) is 0. The molecule has 3 aliphatic heterocycles. The maximum atomic E-state index is 13.6. The third-order valence-electron chi connectivity index (χ3n) is 11.8. The summed E-state index contributed by atoms with van der Waals surface area (Å²) in [5.41, 5.74) is -6.27. The van der Waals surface area contributed by atoms with Gasteiger partial charge in [-0.3, -0.25) is 19.3 Å². The molecule has 0 unspecified atom stereocenters. The molecule has 0 bridgehead atoms. The summed E-state index contributed by atoms with van der Waals surface area (Å²) in [6, 6.07) is 9.78. The summed E-state index contributed by atoms with van der Waals surface area (Å²) in [4.78, 5) is 13.6. The molecule has 48 heavy (non-hydrogen) atoms. The summed E-state index contributed by atoms with van der Waals surface area (Å²) in [6.45, 7) is 19.8. The van der Waals surface area contributed by atoms with Crippen molar-refractivity contribution in [3.05, 3.63) is 85.5 Å². The maximum absolute atomic E-state index is 13.6. The van der Waals surface area contributed by atoms with Gasteiger partial charge in [0.2, 0.25) is 0 Å². The van der Waals surface area contributed by atoms with Crippen molar-refractivity contribution < 1.29 is 34.2 Å². The largest absolute Gasteiger partial charge is 0.715 e. The van der Waals surface area contributed by atoms with Crippen LogP contribution in [0.3, 0.4) is 0 Å². The Bertz CT molecular complexity index is 1800. The minimum absolute atomic E-state index is 0.0191. The molecule has 14 heteroatoms. The average Bonchev–Trinajstić information content (AvgIpc) is 3.27. The fourth-order valence-electron chi connectivity index (χ4n) is 5.86. The second-order valence-corrected chi connectivity index (χ2v) is 15.8. The van der Waals surface area contributed by atoms with Crippen LogP contribution in [-0.2, 0) is 10.4 Å². The number of hydrogen-bond acceptors (Lipinski definition) is 9. The van der Waals surface area contributed by atoms with Crippen LogP contribution in [0, 0.1) is 20.8 Å². The Morgan fingerprint density at radius 2 is 1.02 bits per heavy atom. The predicted molar refractivity (Wildman–Crippen MR) is 176 cm³/mol. The van der Waals surface area contributed by atoms with Crippen LogP contribution in [0.25, 0.3) is 0 Å². The Hall–Kier alpha value is -4.40. The normalized spacial score (nSPS) is 23.4. The fourth-order valence-corrected chi connectivity index (χ4v) is 5.86. The van der Waals surface area contributed by atoms with Gasteiger partial charge in [0.25, 0.3) is 5.84 Å². The summed E-state index contributed by atoms with van der Waals surface area (Å²) in [5, 5.41) is 82.2. The lowest BCUT2D eigenvalue weighted by Crippen LogP contribution is -2.53. The zero-order valence-corrected chi connectivity index (χ0v) is 29.5. The molecular weight excluding hydrogens is 620 g/mol. The molecule has 14 nitrogen and oxygen atoms in total. The molecule has 258 valence electrons. The van der Waals surface area contributed by atoms with Crippen molar-refractivity contribution in [2.75, 3.05) is 0 Å². The molecule has 0 N–H and O–H groups in total. The quantitative estimate of drug-likeness (QED) is 0.193. The van der Waals surface area contributed by atoms with E-state index in [1.54, 1.807) is 83.1 Å². The highest BCUT2D eigenvalue weighted by Crippen LogP contribution is 2.42. The molecule has 0 aliphatic carbocycles. The second kappa shape index (κ2) is 10.3. The molecule has 3 aliphatic rings. The van der Waals surface area contributed by atoms with Gasteiger partial charge < -0.3 is 25.6 Å². The van der Waals surface area contributed by atoms with Crippen molar-refractivity contribution >= 4 is 23.5 Å². The first-order valence-electron chi connectivity index (χ1n) is 15.7. The third-order valence-corrected chi connectivity index (χ3v) is 11.8. The van der Waals surface area contributed by atoms with Crippen LogP contribution in [0.1, 0.15) is 110 Å². The number of esters is 1. The van der Waals surface area contributed by atoms with Crippen LogP contribution in [0.2, 0.25) is 0 Å². The van der Waals surface area contributed by atoms with E-state index in [1.165, 1.54) is 42.5 Å². The Morgan fingerprint density at radius 1 is 0.604 bits per heavy atom. The number of carbonyl (C=O) groups excluding carboxylic acids is 1. The minimum atomic E-state index is -1.18. The van der Waals surface area contributed by atoms with Gasteiger partial charge in [-0.2, -0.15) is 0 Å². The van der Waals surface area contributed by atoms with E-state index in [4.69, 9.17) is 4.74 Å². The fraction of sp³-hybridized carbons (Fsp3) is 0.529. The van der Waals surface area contributed by atoms with Crippen molar-refractivity contribution in [1.82, 2.24) is 15.2 Å².